The van der Waals surface area contributed by atoms with Gasteiger partial charge in [-0.1, -0.05) is 23.9 Å². The summed E-state index contributed by atoms with van der Waals surface area (Å²) in [4.78, 5) is 35.5. The molecule has 1 aliphatic heterocycles. The number of carbonyl (C=O) groups excluding carboxylic acids is 2. The predicted molar refractivity (Wildman–Crippen MR) is 133 cm³/mol. The predicted octanol–water partition coefficient (Wildman–Crippen LogP) is 5.34. The van der Waals surface area contributed by atoms with E-state index in [2.05, 4.69) is 10.6 Å². The van der Waals surface area contributed by atoms with Crippen LogP contribution in [0.3, 0.4) is 0 Å². The van der Waals surface area contributed by atoms with Gasteiger partial charge in [-0.05, 0) is 35.9 Å². The topological polar surface area (TPSA) is 108 Å². The van der Waals surface area contributed by atoms with Crippen LogP contribution >= 0.6 is 11.8 Å². The van der Waals surface area contributed by atoms with E-state index in [1.165, 1.54) is 29.2 Å². The summed E-state index contributed by atoms with van der Waals surface area (Å²) >= 11 is 0.408. The molecule has 0 aliphatic carbocycles. The molecule has 0 aromatic heterocycles. The first-order valence-corrected chi connectivity index (χ1v) is 12.5. The molecule has 1 fully saturated rings. The summed E-state index contributed by atoms with van der Waals surface area (Å²) in [6.45, 7) is 0.712. The molecule has 3 N–H and O–H groups in total. The molecule has 8 nitrogen and oxygen atoms in total. The molecule has 2 aromatic carbocycles. The molecule has 0 spiro atoms. The number of nitrogens with one attached hydrogen (secondary N) is 2. The molecule has 3 amide bonds. The molecule has 0 bridgehead atoms. The third-order valence-corrected chi connectivity index (χ3v) is 6.49. The summed E-state index contributed by atoms with van der Waals surface area (Å²) in [6, 6.07) is 6.35. The van der Waals surface area contributed by atoms with Gasteiger partial charge in [0.05, 0.1) is 30.8 Å². The summed E-state index contributed by atoms with van der Waals surface area (Å²) in [5.74, 6) is -1.79. The van der Waals surface area contributed by atoms with Crippen LogP contribution in [-0.2, 0) is 26.7 Å². The molecule has 3 rings (SSSR count). The number of benzene rings is 2. The van der Waals surface area contributed by atoms with E-state index in [0.717, 1.165) is 24.3 Å². The largest absolute Gasteiger partial charge is 0.481 e. The van der Waals surface area contributed by atoms with Crippen molar-refractivity contribution in [1.82, 2.24) is 10.2 Å². The number of nitrogens with zero attached hydrogens (tertiary/aromatic N) is 1. The van der Waals surface area contributed by atoms with Crippen LogP contribution in [-0.4, -0.2) is 60.8 Å². The second-order valence-corrected chi connectivity index (χ2v) is 9.44. The number of hydrogen-bond acceptors (Lipinski definition) is 5. The molecule has 216 valence electrons. The second-order valence-electron chi connectivity index (χ2n) is 8.32. The minimum absolute atomic E-state index is 0.0905. The lowest BCUT2D eigenvalue weighted by atomic mass is 9.99. The first kappa shape index (κ1) is 30.8. The lowest BCUT2D eigenvalue weighted by molar-refractivity contribution is -0.163. The summed E-state index contributed by atoms with van der Waals surface area (Å²) in [5.41, 5.74) is -4.54. The lowest BCUT2D eigenvalue weighted by Crippen LogP contribution is -2.39. The van der Waals surface area contributed by atoms with Crippen LogP contribution in [0.1, 0.15) is 23.1 Å². The number of alkyl halides is 6. The summed E-state index contributed by atoms with van der Waals surface area (Å²) < 4.78 is 89.6. The second kappa shape index (κ2) is 13.1. The smallest absolute Gasteiger partial charge is 0.418 e. The third-order valence-electron chi connectivity index (χ3n) is 5.44. The first-order chi connectivity index (χ1) is 18.8. The van der Waals surface area contributed by atoms with Gasteiger partial charge in [-0.2, -0.15) is 26.3 Å². The zero-order chi connectivity index (χ0) is 29.5. The van der Waals surface area contributed by atoms with Gasteiger partial charge in [-0.25, -0.2) is 4.79 Å². The fourth-order valence-electron chi connectivity index (χ4n) is 3.68. The Labute approximate surface area is 228 Å². The fourth-order valence-corrected chi connectivity index (χ4v) is 4.73. The van der Waals surface area contributed by atoms with Gasteiger partial charge >= 0.3 is 24.4 Å². The summed E-state index contributed by atoms with van der Waals surface area (Å²) in [7, 11) is 0. The van der Waals surface area contributed by atoms with Gasteiger partial charge in [-0.3, -0.25) is 9.59 Å². The molecule has 40 heavy (non-hydrogen) atoms. The van der Waals surface area contributed by atoms with Crippen molar-refractivity contribution in [2.45, 2.75) is 28.6 Å². The molecular weight excluding hydrogens is 568 g/mol. The van der Waals surface area contributed by atoms with E-state index in [-0.39, 0.29) is 49.9 Å². The molecule has 0 radical (unpaired) electrons. The number of urea groups is 1. The Morgan fingerprint density at radius 2 is 1.68 bits per heavy atom. The van der Waals surface area contributed by atoms with E-state index in [4.69, 9.17) is 9.84 Å². The van der Waals surface area contributed by atoms with Gasteiger partial charge in [-0.15, -0.1) is 0 Å². The fraction of sp³-hybridized carbons (Fsp3) is 0.320. The quantitative estimate of drug-likeness (QED) is 0.283. The van der Waals surface area contributed by atoms with Crippen LogP contribution in [0.4, 0.5) is 36.8 Å². The maximum atomic E-state index is 14.1. The van der Waals surface area contributed by atoms with Crippen LogP contribution in [0.15, 0.2) is 52.3 Å². The Balaban J connectivity index is 1.91. The number of anilines is 1. The van der Waals surface area contributed by atoms with Crippen molar-refractivity contribution in [3.8, 4) is 0 Å². The van der Waals surface area contributed by atoms with Crippen molar-refractivity contribution in [3.63, 3.8) is 0 Å². The lowest BCUT2D eigenvalue weighted by Gasteiger charge is -2.25. The number of aliphatic carboxylic acids is 1. The molecule has 1 aliphatic rings. The summed E-state index contributed by atoms with van der Waals surface area (Å²) in [5, 5.41) is 13.3. The highest BCUT2D eigenvalue weighted by atomic mass is 32.2. The van der Waals surface area contributed by atoms with Crippen molar-refractivity contribution in [2.24, 2.45) is 0 Å². The van der Waals surface area contributed by atoms with Crippen molar-refractivity contribution in [3.05, 3.63) is 59.2 Å². The Kier molecular flexibility index (Phi) is 10.1. The number of amides is 3. The van der Waals surface area contributed by atoms with Gasteiger partial charge in [0.15, 0.2) is 0 Å². The number of ether oxygens (including phenoxy) is 1. The van der Waals surface area contributed by atoms with Gasteiger partial charge in [0.2, 0.25) is 5.91 Å². The Morgan fingerprint density at radius 3 is 2.30 bits per heavy atom. The number of carboxylic acids is 1. The maximum absolute atomic E-state index is 14.1. The van der Waals surface area contributed by atoms with E-state index in [1.807, 2.05) is 0 Å². The van der Waals surface area contributed by atoms with E-state index < -0.39 is 51.8 Å². The molecular formula is C25H23F6N3O5S. The van der Waals surface area contributed by atoms with E-state index >= 15 is 0 Å². The molecule has 1 saturated heterocycles. The molecule has 0 unspecified atom stereocenters. The minimum Gasteiger partial charge on any atom is -0.481 e. The highest BCUT2D eigenvalue weighted by Crippen LogP contribution is 2.48. The number of morpholine rings is 1. The Bertz CT molecular complexity index is 1280. The molecule has 1 heterocycles. The number of carbonyl (C=O) groups is 3. The standard InChI is InChI=1S/C25H23F6N3O5S/c26-24(27,28)21-15(5-7-19(35)34-10-12-39-13-11-34)4-6-18(22(21)25(29,30)31)40-17-3-1-2-16(14-17)33-23(38)32-9-8-20(36)37/h1-7,14H,8-13H2,(H,36,37)(H2,32,33,38). The monoisotopic (exact) mass is 591 g/mol. The van der Waals surface area contributed by atoms with E-state index in [1.54, 1.807) is 0 Å². The van der Waals surface area contributed by atoms with Crippen LogP contribution in [0, 0.1) is 0 Å². The number of halogens is 6. The normalized spacial score (nSPS) is 14.3. The van der Waals surface area contributed by atoms with Gasteiger partial charge < -0.3 is 25.4 Å². The highest BCUT2D eigenvalue weighted by Gasteiger charge is 2.46. The van der Waals surface area contributed by atoms with E-state index in [0.29, 0.717) is 11.8 Å². The first-order valence-electron chi connectivity index (χ1n) is 11.7. The molecule has 15 heteroatoms. The van der Waals surface area contributed by atoms with Gasteiger partial charge in [0, 0.05) is 41.2 Å². The Morgan fingerprint density at radius 1 is 1.00 bits per heavy atom. The average Bonchev–Trinajstić information content (AvgIpc) is 2.86. The maximum Gasteiger partial charge on any atom is 0.418 e. The average molecular weight is 592 g/mol. The van der Waals surface area contributed by atoms with Crippen LogP contribution in [0.25, 0.3) is 6.08 Å². The van der Waals surface area contributed by atoms with Crippen LogP contribution in [0.5, 0.6) is 0 Å². The minimum atomic E-state index is -5.40. The van der Waals surface area contributed by atoms with Crippen molar-refractivity contribution in [2.75, 3.05) is 38.2 Å². The van der Waals surface area contributed by atoms with Crippen molar-refractivity contribution >= 4 is 41.4 Å². The van der Waals surface area contributed by atoms with Crippen molar-refractivity contribution in [1.29, 1.82) is 0 Å². The van der Waals surface area contributed by atoms with Gasteiger partial charge in [0.1, 0.15) is 0 Å². The highest BCUT2D eigenvalue weighted by molar-refractivity contribution is 7.99. The van der Waals surface area contributed by atoms with Crippen LogP contribution in [0.2, 0.25) is 0 Å². The zero-order valence-electron chi connectivity index (χ0n) is 20.6. The summed E-state index contributed by atoms with van der Waals surface area (Å²) in [6.07, 6.45) is -9.61. The SMILES string of the molecule is O=C(O)CCNC(=O)Nc1cccc(Sc2ccc(C=CC(=O)N3CCOCC3)c(C(F)(F)F)c2C(F)(F)F)c1. The number of hydrogen-bond donors (Lipinski definition) is 3. The number of carboxylic acid groups (broad SMARTS) is 1. The molecule has 0 saturated carbocycles. The molecule has 2 aromatic rings. The molecule has 0 atom stereocenters. The number of rotatable bonds is 8. The van der Waals surface area contributed by atoms with Crippen molar-refractivity contribution < 1.29 is 50.6 Å². The van der Waals surface area contributed by atoms with E-state index in [9.17, 15) is 40.7 Å². The third kappa shape index (κ3) is 8.64. The zero-order valence-corrected chi connectivity index (χ0v) is 21.4. The Hall–Kier alpha value is -3.72. The van der Waals surface area contributed by atoms with Crippen LogP contribution < -0.4 is 10.6 Å². The van der Waals surface area contributed by atoms with Gasteiger partial charge in [0.25, 0.3) is 0 Å².